The summed E-state index contributed by atoms with van der Waals surface area (Å²) in [6.07, 6.45) is 0.887. The van der Waals surface area contributed by atoms with Crippen LogP contribution in [0.1, 0.15) is 27.3 Å². The van der Waals surface area contributed by atoms with Gasteiger partial charge in [-0.05, 0) is 24.6 Å². The number of nitrogens with zero attached hydrogens (tertiary/aromatic N) is 3. The zero-order valence-electron chi connectivity index (χ0n) is 10.8. The molecule has 0 amide bonds. The van der Waals surface area contributed by atoms with Crippen molar-refractivity contribution in [1.82, 2.24) is 15.0 Å². The first-order valence-electron chi connectivity index (χ1n) is 6.13. The molecule has 1 aliphatic heterocycles. The van der Waals surface area contributed by atoms with Crippen LogP contribution in [-0.2, 0) is 13.0 Å². The number of fused-ring (bicyclic) bond motifs is 1. The Morgan fingerprint density at radius 2 is 2.35 bits per heavy atom. The SMILES string of the molecule is Cc1c(C(=O)O)nnn1Cc1cc(Br)cc2c1OCC2. The first-order chi connectivity index (χ1) is 9.56. The van der Waals surface area contributed by atoms with E-state index in [1.165, 1.54) is 0 Å². The number of carboxylic acid groups (broad SMARTS) is 1. The fourth-order valence-corrected chi connectivity index (χ4v) is 2.89. The number of benzene rings is 1. The molecule has 20 heavy (non-hydrogen) atoms. The fraction of sp³-hybridized carbons (Fsp3) is 0.308. The van der Waals surface area contributed by atoms with Gasteiger partial charge in [0.25, 0.3) is 0 Å². The first-order valence-corrected chi connectivity index (χ1v) is 6.93. The van der Waals surface area contributed by atoms with Gasteiger partial charge in [0, 0.05) is 16.5 Å². The van der Waals surface area contributed by atoms with Crippen LogP contribution in [0.2, 0.25) is 0 Å². The molecule has 1 aromatic carbocycles. The van der Waals surface area contributed by atoms with Crippen LogP contribution in [0.3, 0.4) is 0 Å². The van der Waals surface area contributed by atoms with E-state index < -0.39 is 5.97 Å². The third-order valence-electron chi connectivity index (χ3n) is 3.33. The van der Waals surface area contributed by atoms with E-state index in [1.807, 2.05) is 12.1 Å². The van der Waals surface area contributed by atoms with Crippen molar-refractivity contribution in [2.75, 3.05) is 6.61 Å². The summed E-state index contributed by atoms with van der Waals surface area (Å²) in [7, 11) is 0. The fourth-order valence-electron chi connectivity index (χ4n) is 2.33. The van der Waals surface area contributed by atoms with Crippen LogP contribution in [0.15, 0.2) is 16.6 Å². The Kier molecular flexibility index (Phi) is 3.21. The predicted molar refractivity (Wildman–Crippen MR) is 74.2 cm³/mol. The van der Waals surface area contributed by atoms with Gasteiger partial charge in [-0.15, -0.1) is 5.10 Å². The minimum Gasteiger partial charge on any atom is -0.493 e. The van der Waals surface area contributed by atoms with Gasteiger partial charge in [-0.25, -0.2) is 9.48 Å². The molecule has 0 radical (unpaired) electrons. The number of rotatable bonds is 3. The van der Waals surface area contributed by atoms with E-state index in [1.54, 1.807) is 11.6 Å². The average Bonchev–Trinajstić information content (AvgIpc) is 2.97. The standard InChI is InChI=1S/C13H12BrN3O3/c1-7-11(13(18)19)15-16-17(7)6-9-5-10(14)4-8-2-3-20-12(8)9/h4-5H,2-3,6H2,1H3,(H,18,19). The molecule has 1 N–H and O–H groups in total. The summed E-state index contributed by atoms with van der Waals surface area (Å²) < 4.78 is 8.21. The summed E-state index contributed by atoms with van der Waals surface area (Å²) in [6.45, 7) is 2.81. The quantitative estimate of drug-likeness (QED) is 0.927. The largest absolute Gasteiger partial charge is 0.493 e. The van der Waals surface area contributed by atoms with E-state index in [4.69, 9.17) is 9.84 Å². The highest BCUT2D eigenvalue weighted by molar-refractivity contribution is 9.10. The number of carboxylic acids is 1. The summed E-state index contributed by atoms with van der Waals surface area (Å²) in [5, 5.41) is 16.6. The second kappa shape index (κ2) is 4.90. The van der Waals surface area contributed by atoms with Crippen LogP contribution in [0.25, 0.3) is 0 Å². The van der Waals surface area contributed by atoms with E-state index in [9.17, 15) is 4.79 Å². The number of hydrogen-bond donors (Lipinski definition) is 1. The van der Waals surface area contributed by atoms with Crippen LogP contribution in [0.4, 0.5) is 0 Å². The average molecular weight is 338 g/mol. The summed E-state index contributed by atoms with van der Waals surface area (Å²) >= 11 is 3.48. The van der Waals surface area contributed by atoms with Crippen molar-refractivity contribution in [3.05, 3.63) is 39.1 Å². The van der Waals surface area contributed by atoms with Crippen molar-refractivity contribution in [2.45, 2.75) is 19.9 Å². The maximum absolute atomic E-state index is 11.0. The Hall–Kier alpha value is -1.89. The molecule has 1 aromatic heterocycles. The summed E-state index contributed by atoms with van der Waals surface area (Å²) in [5.41, 5.74) is 2.64. The van der Waals surface area contributed by atoms with Gasteiger partial charge >= 0.3 is 5.97 Å². The van der Waals surface area contributed by atoms with Gasteiger partial charge in [0.2, 0.25) is 0 Å². The van der Waals surface area contributed by atoms with Gasteiger partial charge in [0.05, 0.1) is 18.8 Å². The summed E-state index contributed by atoms with van der Waals surface area (Å²) in [5.74, 6) is -0.190. The molecule has 0 saturated carbocycles. The maximum Gasteiger partial charge on any atom is 0.358 e. The molecule has 104 valence electrons. The second-order valence-corrected chi connectivity index (χ2v) is 5.55. The number of aromatic carboxylic acids is 1. The Bertz CT molecular complexity index is 696. The van der Waals surface area contributed by atoms with Crippen LogP contribution >= 0.6 is 15.9 Å². The molecule has 0 aliphatic carbocycles. The minimum atomic E-state index is -1.07. The van der Waals surface area contributed by atoms with Gasteiger partial charge in [-0.3, -0.25) is 0 Å². The van der Waals surface area contributed by atoms with Gasteiger partial charge in [0.1, 0.15) is 5.75 Å². The molecule has 7 heteroatoms. The molecule has 6 nitrogen and oxygen atoms in total. The van der Waals surface area contributed by atoms with Crippen molar-refractivity contribution >= 4 is 21.9 Å². The lowest BCUT2D eigenvalue weighted by Crippen LogP contribution is -2.07. The van der Waals surface area contributed by atoms with Crippen LogP contribution < -0.4 is 4.74 Å². The Labute approximate surface area is 123 Å². The van der Waals surface area contributed by atoms with Gasteiger partial charge in [-0.1, -0.05) is 21.1 Å². The highest BCUT2D eigenvalue weighted by Crippen LogP contribution is 2.33. The highest BCUT2D eigenvalue weighted by Gasteiger charge is 2.20. The molecule has 0 atom stereocenters. The lowest BCUT2D eigenvalue weighted by atomic mass is 10.1. The Balaban J connectivity index is 1.98. The molecular weight excluding hydrogens is 326 g/mol. The minimum absolute atomic E-state index is 0.0161. The lowest BCUT2D eigenvalue weighted by Gasteiger charge is -2.10. The molecule has 0 saturated heterocycles. The summed E-state index contributed by atoms with van der Waals surface area (Å²) in [6, 6.07) is 4.01. The van der Waals surface area contributed by atoms with Gasteiger partial charge < -0.3 is 9.84 Å². The van der Waals surface area contributed by atoms with Gasteiger partial charge in [-0.2, -0.15) is 0 Å². The van der Waals surface area contributed by atoms with Crippen molar-refractivity contribution in [2.24, 2.45) is 0 Å². The summed E-state index contributed by atoms with van der Waals surface area (Å²) in [4.78, 5) is 11.0. The first kappa shape index (κ1) is 13.1. The van der Waals surface area contributed by atoms with Crippen molar-refractivity contribution < 1.29 is 14.6 Å². The monoisotopic (exact) mass is 337 g/mol. The van der Waals surface area contributed by atoms with E-state index >= 15 is 0 Å². The van der Waals surface area contributed by atoms with Gasteiger partial charge in [0.15, 0.2) is 5.69 Å². The normalized spacial score (nSPS) is 13.1. The smallest absolute Gasteiger partial charge is 0.358 e. The molecule has 2 heterocycles. The molecule has 0 unspecified atom stereocenters. The predicted octanol–water partition coefficient (Wildman–Crippen LogP) is 2.03. The highest BCUT2D eigenvalue weighted by atomic mass is 79.9. The third kappa shape index (κ3) is 2.18. The zero-order valence-corrected chi connectivity index (χ0v) is 12.3. The van der Waals surface area contributed by atoms with Crippen LogP contribution in [-0.4, -0.2) is 32.7 Å². The lowest BCUT2D eigenvalue weighted by molar-refractivity contribution is 0.0689. The van der Waals surface area contributed by atoms with E-state index in [0.29, 0.717) is 18.8 Å². The number of carbonyl (C=O) groups is 1. The van der Waals surface area contributed by atoms with Crippen molar-refractivity contribution in [1.29, 1.82) is 0 Å². The van der Waals surface area contributed by atoms with Crippen LogP contribution in [0, 0.1) is 6.92 Å². The van der Waals surface area contributed by atoms with Crippen LogP contribution in [0.5, 0.6) is 5.75 Å². The Morgan fingerprint density at radius 3 is 3.05 bits per heavy atom. The van der Waals surface area contributed by atoms with E-state index in [-0.39, 0.29) is 5.69 Å². The molecule has 0 spiro atoms. The zero-order chi connectivity index (χ0) is 14.3. The molecule has 0 bridgehead atoms. The van der Waals surface area contributed by atoms with E-state index in [2.05, 4.69) is 26.2 Å². The Morgan fingerprint density at radius 1 is 1.55 bits per heavy atom. The number of aromatic nitrogens is 3. The molecule has 2 aromatic rings. The second-order valence-electron chi connectivity index (χ2n) is 4.64. The molecule has 0 fully saturated rings. The number of halogens is 1. The number of ether oxygens (including phenoxy) is 1. The molecule has 3 rings (SSSR count). The topological polar surface area (TPSA) is 77.2 Å². The third-order valence-corrected chi connectivity index (χ3v) is 3.79. The molecule has 1 aliphatic rings. The molecular formula is C13H12BrN3O3. The van der Waals surface area contributed by atoms with Crippen molar-refractivity contribution in [3.63, 3.8) is 0 Å². The van der Waals surface area contributed by atoms with Crippen molar-refractivity contribution in [3.8, 4) is 5.75 Å². The van der Waals surface area contributed by atoms with E-state index in [0.717, 1.165) is 27.8 Å². The number of hydrogen-bond acceptors (Lipinski definition) is 4. The maximum atomic E-state index is 11.0.